The molecule has 3 heteroatoms. The minimum Gasteiger partial charge on any atom is -0.0719 e. The average molecular weight is 462 g/mol. The third kappa shape index (κ3) is 3.18. The lowest BCUT2D eigenvalue weighted by molar-refractivity contribution is 1.54. The van der Waals surface area contributed by atoms with Crippen LogP contribution in [0.3, 0.4) is 0 Å². The topological polar surface area (TPSA) is 0 Å². The van der Waals surface area contributed by atoms with E-state index in [1.165, 1.54) is 89.5 Å². The summed E-state index contributed by atoms with van der Waals surface area (Å²) in [6.07, 6.45) is 0. The summed E-state index contributed by atoms with van der Waals surface area (Å²) in [6, 6.07) is 26.9. The van der Waals surface area contributed by atoms with Crippen molar-refractivity contribution >= 4 is 56.6 Å². The maximum atomic E-state index is 2.43. The number of hydrogen-bond acceptors (Lipinski definition) is 0. The number of fused-ring (bicyclic) bond motifs is 3. The molecule has 0 aliphatic heterocycles. The third-order valence-corrected chi connectivity index (χ3v) is 9.53. The molecule has 32 heavy (non-hydrogen) atoms. The normalized spacial score (nSPS) is 12.2. The summed E-state index contributed by atoms with van der Waals surface area (Å²) < 4.78 is 0. The molecule has 0 unspecified atom stereocenters. The molecule has 152 valence electrons. The highest BCUT2D eigenvalue weighted by molar-refractivity contribution is 7.37. The van der Waals surface area contributed by atoms with Crippen molar-refractivity contribution in [1.29, 1.82) is 0 Å². The van der Waals surface area contributed by atoms with E-state index in [0.29, 0.717) is 0 Å². The Morgan fingerprint density at radius 2 is 1.12 bits per heavy atom. The van der Waals surface area contributed by atoms with Crippen LogP contribution >= 0.6 is 24.6 Å². The van der Waals surface area contributed by atoms with Gasteiger partial charge in [-0.05, 0) is 85.7 Å². The third-order valence-electron chi connectivity index (χ3n) is 6.32. The first kappa shape index (κ1) is 20.0. The van der Waals surface area contributed by atoms with Crippen molar-refractivity contribution in [3.8, 4) is 22.0 Å². The van der Waals surface area contributed by atoms with E-state index in [9.17, 15) is 0 Å². The first-order valence-corrected chi connectivity index (χ1v) is 13.7. The Kier molecular flexibility index (Phi) is 5.05. The minimum absolute atomic E-state index is 1.26. The summed E-state index contributed by atoms with van der Waals surface area (Å²) in [4.78, 5) is 0. The summed E-state index contributed by atoms with van der Waals surface area (Å²) >= 11 is 0. The van der Waals surface area contributed by atoms with Gasteiger partial charge < -0.3 is 0 Å². The summed E-state index contributed by atoms with van der Waals surface area (Å²) in [6.45, 7) is 4.46. The quantitative estimate of drug-likeness (QED) is 0.240. The number of aryl methyl sites for hydroxylation is 2. The predicted molar refractivity (Wildman–Crippen MR) is 147 cm³/mol. The molecule has 0 spiro atoms. The Morgan fingerprint density at radius 1 is 0.500 bits per heavy atom. The molecule has 0 nitrogen and oxygen atoms in total. The lowest BCUT2D eigenvalue weighted by Gasteiger charge is -2.15. The van der Waals surface area contributed by atoms with Crippen LogP contribution in [-0.4, -0.2) is 0 Å². The van der Waals surface area contributed by atoms with Gasteiger partial charge in [0, 0.05) is 10.4 Å². The smallest absolute Gasteiger partial charge is 0.0179 e. The van der Waals surface area contributed by atoms with E-state index in [2.05, 4.69) is 104 Å². The van der Waals surface area contributed by atoms with Crippen molar-refractivity contribution in [3.63, 3.8) is 0 Å². The molecule has 0 N–H and O–H groups in total. The van der Waals surface area contributed by atoms with Crippen LogP contribution in [0.4, 0.5) is 0 Å². The van der Waals surface area contributed by atoms with Crippen molar-refractivity contribution in [2.75, 3.05) is 0 Å². The zero-order valence-corrected chi connectivity index (χ0v) is 20.7. The lowest BCUT2D eigenvalue weighted by Crippen LogP contribution is -1.86. The van der Waals surface area contributed by atoms with Crippen molar-refractivity contribution in [3.05, 3.63) is 101 Å². The van der Waals surface area contributed by atoms with E-state index in [-0.39, 0.29) is 0 Å². The van der Waals surface area contributed by atoms with Gasteiger partial charge in [0.1, 0.15) is 0 Å². The van der Waals surface area contributed by atoms with E-state index in [0.717, 1.165) is 0 Å². The zero-order chi connectivity index (χ0) is 21.7. The Balaban J connectivity index is 1.67. The molecule has 6 rings (SSSR count). The molecular weight excluding hydrogens is 441 g/mol. The van der Waals surface area contributed by atoms with E-state index in [4.69, 9.17) is 0 Å². The number of benzene rings is 3. The highest BCUT2D eigenvalue weighted by Gasteiger charge is 2.14. The van der Waals surface area contributed by atoms with Crippen molar-refractivity contribution in [2.45, 2.75) is 13.8 Å². The van der Waals surface area contributed by atoms with Crippen LogP contribution in [0, 0.1) is 13.8 Å². The molecular formula is C29H21P3. The second-order valence-electron chi connectivity index (χ2n) is 8.20. The maximum absolute atomic E-state index is 2.43. The van der Waals surface area contributed by atoms with Gasteiger partial charge in [-0.2, -0.15) is 0 Å². The van der Waals surface area contributed by atoms with Gasteiger partial charge in [-0.3, -0.25) is 0 Å². The SMILES string of the molecule is Cc1pcc(-c2cpc(-c3ccc(C)c4cccpc34)c3ccccc23)c2ccccc12. The first-order valence-electron chi connectivity index (χ1n) is 10.8. The highest BCUT2D eigenvalue weighted by Crippen LogP contribution is 2.47. The summed E-state index contributed by atoms with van der Waals surface area (Å²) in [7, 11) is 3.85. The molecule has 0 fully saturated rings. The minimum atomic E-state index is 1.26. The van der Waals surface area contributed by atoms with Crippen LogP contribution in [0.15, 0.2) is 90.2 Å². The van der Waals surface area contributed by atoms with E-state index in [1.54, 1.807) is 0 Å². The van der Waals surface area contributed by atoms with Crippen LogP contribution in [0.1, 0.15) is 10.9 Å². The molecule has 0 aliphatic carbocycles. The van der Waals surface area contributed by atoms with Gasteiger partial charge in [-0.15, -0.1) is 0 Å². The van der Waals surface area contributed by atoms with Crippen LogP contribution in [0.2, 0.25) is 0 Å². The van der Waals surface area contributed by atoms with E-state index in [1.807, 2.05) is 0 Å². The second-order valence-corrected chi connectivity index (χ2v) is 11.4. The zero-order valence-electron chi connectivity index (χ0n) is 18.0. The summed E-state index contributed by atoms with van der Waals surface area (Å²) in [5.41, 5.74) is 5.47. The van der Waals surface area contributed by atoms with Crippen LogP contribution < -0.4 is 0 Å². The summed E-state index contributed by atoms with van der Waals surface area (Å²) in [5.74, 6) is 7.08. The largest absolute Gasteiger partial charge is 0.0719 e. The Labute approximate surface area is 193 Å². The fourth-order valence-electron chi connectivity index (χ4n) is 4.68. The fourth-order valence-corrected chi connectivity index (χ4v) is 7.93. The van der Waals surface area contributed by atoms with Crippen LogP contribution in [0.25, 0.3) is 54.0 Å². The van der Waals surface area contributed by atoms with Gasteiger partial charge in [0.2, 0.25) is 0 Å². The molecule has 3 heterocycles. The predicted octanol–water partition coefficient (Wildman–Crippen LogP) is 10.8. The van der Waals surface area contributed by atoms with Gasteiger partial charge >= 0.3 is 0 Å². The molecule has 3 aromatic heterocycles. The average Bonchev–Trinajstić information content (AvgIpc) is 2.85. The lowest BCUT2D eigenvalue weighted by atomic mass is 9.97. The monoisotopic (exact) mass is 462 g/mol. The van der Waals surface area contributed by atoms with Gasteiger partial charge in [0.25, 0.3) is 0 Å². The van der Waals surface area contributed by atoms with Gasteiger partial charge in [0.05, 0.1) is 0 Å². The Morgan fingerprint density at radius 3 is 1.91 bits per heavy atom. The molecule has 0 aliphatic rings. The fraction of sp³-hybridized carbons (Fsp3) is 0.0690. The number of hydrogen-bond donors (Lipinski definition) is 0. The molecule has 0 radical (unpaired) electrons. The first-order chi connectivity index (χ1) is 15.7. The maximum Gasteiger partial charge on any atom is 0.0179 e. The van der Waals surface area contributed by atoms with E-state index >= 15 is 0 Å². The standard InChI is InChI=1S/C29H21P3/c1-18-13-14-25(28-20(18)12-7-15-30-28)29-24-11-6-5-10-23(24)27(17-32-29)26-16-31-19(2)21-8-3-4-9-22(21)26/h3-17H,1-2H3. The van der Waals surface area contributed by atoms with E-state index < -0.39 is 0 Å². The van der Waals surface area contributed by atoms with Crippen molar-refractivity contribution < 1.29 is 0 Å². The van der Waals surface area contributed by atoms with Gasteiger partial charge in [-0.1, -0.05) is 97.4 Å². The molecule has 3 aromatic carbocycles. The molecule has 0 amide bonds. The highest BCUT2D eigenvalue weighted by atomic mass is 31.0. The summed E-state index contributed by atoms with van der Waals surface area (Å²) in [5, 5.41) is 11.1. The van der Waals surface area contributed by atoms with Crippen molar-refractivity contribution in [1.82, 2.24) is 0 Å². The molecule has 0 bridgehead atoms. The molecule has 0 saturated heterocycles. The molecule has 0 saturated carbocycles. The molecule has 6 aromatic rings. The van der Waals surface area contributed by atoms with Crippen LogP contribution in [0.5, 0.6) is 0 Å². The Hall–Kier alpha value is -2.61. The molecule has 0 atom stereocenters. The number of rotatable bonds is 2. The Bertz CT molecular complexity index is 1530. The van der Waals surface area contributed by atoms with Gasteiger partial charge in [-0.25, -0.2) is 0 Å². The second kappa shape index (κ2) is 8.06. The van der Waals surface area contributed by atoms with Crippen molar-refractivity contribution in [2.24, 2.45) is 0 Å². The van der Waals surface area contributed by atoms with Gasteiger partial charge in [0.15, 0.2) is 0 Å². The van der Waals surface area contributed by atoms with Crippen LogP contribution in [-0.2, 0) is 0 Å².